The van der Waals surface area contributed by atoms with Crippen LogP contribution in [-0.2, 0) is 6.54 Å². The summed E-state index contributed by atoms with van der Waals surface area (Å²) in [6.45, 7) is 4.22. The van der Waals surface area contributed by atoms with Crippen LogP contribution in [0.2, 0.25) is 5.02 Å². The Bertz CT molecular complexity index is 947. The van der Waals surface area contributed by atoms with Gasteiger partial charge in [0.1, 0.15) is 11.3 Å². The fraction of sp³-hybridized carbons (Fsp3) is 0.267. The molecular weight excluding hydrogens is 334 g/mol. The number of benzene rings is 1. The van der Waals surface area contributed by atoms with Gasteiger partial charge in [-0.05, 0) is 11.6 Å². The molecule has 0 bridgehead atoms. The van der Waals surface area contributed by atoms with E-state index in [2.05, 4.69) is 22.8 Å². The minimum absolute atomic E-state index is 0.0915. The second-order valence-electron chi connectivity index (χ2n) is 5.57. The van der Waals surface area contributed by atoms with Crippen LogP contribution in [0.1, 0.15) is 31.2 Å². The Hall–Kier alpha value is -1.99. The highest BCUT2D eigenvalue weighted by Gasteiger charge is 2.19. The SMILES string of the molecule is CC(C)c1nc(N)c2c(n1)n(Cc1ccccc1Cl)c(=O)n2S. The molecule has 0 radical (unpaired) electrons. The van der Waals surface area contributed by atoms with E-state index in [1.54, 1.807) is 6.07 Å². The zero-order valence-electron chi connectivity index (χ0n) is 12.7. The van der Waals surface area contributed by atoms with Crippen LogP contribution in [0.15, 0.2) is 29.1 Å². The molecule has 0 spiro atoms. The van der Waals surface area contributed by atoms with Gasteiger partial charge in [0.2, 0.25) is 0 Å². The minimum Gasteiger partial charge on any atom is -0.382 e. The summed E-state index contributed by atoms with van der Waals surface area (Å²) in [4.78, 5) is 21.3. The monoisotopic (exact) mass is 349 g/mol. The summed E-state index contributed by atoms with van der Waals surface area (Å²) in [6, 6.07) is 7.36. The van der Waals surface area contributed by atoms with E-state index in [1.165, 1.54) is 8.54 Å². The summed E-state index contributed by atoms with van der Waals surface area (Å²) < 4.78 is 2.68. The van der Waals surface area contributed by atoms with Crippen molar-refractivity contribution in [3.8, 4) is 0 Å². The highest BCUT2D eigenvalue weighted by Crippen LogP contribution is 2.23. The van der Waals surface area contributed by atoms with Crippen molar-refractivity contribution in [1.29, 1.82) is 0 Å². The molecular formula is C15H16ClN5OS. The normalized spacial score (nSPS) is 11.5. The first-order valence-electron chi connectivity index (χ1n) is 7.11. The maximum atomic E-state index is 12.5. The predicted molar refractivity (Wildman–Crippen MR) is 95.2 cm³/mol. The highest BCUT2D eigenvalue weighted by atomic mass is 35.5. The van der Waals surface area contributed by atoms with Crippen LogP contribution >= 0.6 is 24.4 Å². The molecule has 1 aromatic carbocycles. The minimum atomic E-state index is -0.329. The molecule has 0 aliphatic rings. The van der Waals surface area contributed by atoms with E-state index in [4.69, 9.17) is 17.3 Å². The van der Waals surface area contributed by atoms with Gasteiger partial charge in [-0.2, -0.15) is 0 Å². The Balaban J connectivity index is 2.26. The third-order valence-corrected chi connectivity index (χ3v) is 4.33. The van der Waals surface area contributed by atoms with Crippen molar-refractivity contribution >= 4 is 41.4 Å². The number of halogens is 1. The molecule has 0 unspecified atom stereocenters. The molecule has 0 fully saturated rings. The topological polar surface area (TPSA) is 78.7 Å². The first-order chi connectivity index (χ1) is 10.9. The number of hydrogen-bond acceptors (Lipinski definition) is 5. The van der Waals surface area contributed by atoms with Gasteiger partial charge in [-0.15, -0.1) is 0 Å². The summed E-state index contributed by atoms with van der Waals surface area (Å²) in [5.41, 5.74) is 7.36. The summed E-state index contributed by atoms with van der Waals surface area (Å²) in [6.07, 6.45) is 0. The Kier molecular flexibility index (Phi) is 4.08. The summed E-state index contributed by atoms with van der Waals surface area (Å²) in [7, 11) is 0. The molecule has 3 rings (SSSR count). The number of anilines is 1. The molecule has 0 aliphatic carbocycles. The molecule has 0 aliphatic heterocycles. The van der Waals surface area contributed by atoms with Crippen LogP contribution in [0, 0.1) is 0 Å². The van der Waals surface area contributed by atoms with Crippen LogP contribution in [0.4, 0.5) is 5.82 Å². The second-order valence-corrected chi connectivity index (χ2v) is 6.37. The van der Waals surface area contributed by atoms with Crippen molar-refractivity contribution in [2.45, 2.75) is 26.3 Å². The zero-order valence-corrected chi connectivity index (χ0v) is 14.3. The molecule has 2 aromatic heterocycles. The second kappa shape index (κ2) is 5.90. The number of nitrogen functional groups attached to an aromatic ring is 1. The predicted octanol–water partition coefficient (Wildman–Crippen LogP) is 2.69. The zero-order chi connectivity index (χ0) is 16.7. The van der Waals surface area contributed by atoms with Crippen molar-refractivity contribution in [3.05, 3.63) is 51.2 Å². The van der Waals surface area contributed by atoms with E-state index in [0.717, 1.165) is 5.56 Å². The molecule has 0 amide bonds. The van der Waals surface area contributed by atoms with E-state index in [9.17, 15) is 4.79 Å². The van der Waals surface area contributed by atoms with Gasteiger partial charge in [0, 0.05) is 10.9 Å². The fourth-order valence-electron chi connectivity index (χ4n) is 2.37. The van der Waals surface area contributed by atoms with Crippen molar-refractivity contribution in [3.63, 3.8) is 0 Å². The number of nitrogens with two attached hydrogens (primary N) is 1. The van der Waals surface area contributed by atoms with Crippen LogP contribution in [0.3, 0.4) is 0 Å². The van der Waals surface area contributed by atoms with E-state index in [1.807, 2.05) is 32.0 Å². The van der Waals surface area contributed by atoms with Crippen molar-refractivity contribution < 1.29 is 0 Å². The smallest absolute Gasteiger partial charge is 0.340 e. The van der Waals surface area contributed by atoms with E-state index >= 15 is 0 Å². The maximum Gasteiger partial charge on any atom is 0.340 e. The maximum absolute atomic E-state index is 12.5. The molecule has 8 heteroatoms. The van der Waals surface area contributed by atoms with Crippen molar-refractivity contribution in [2.24, 2.45) is 0 Å². The average Bonchev–Trinajstić information content (AvgIpc) is 2.74. The number of imidazole rings is 1. The van der Waals surface area contributed by atoms with Gasteiger partial charge in [0.25, 0.3) is 0 Å². The molecule has 3 aromatic rings. The van der Waals surface area contributed by atoms with E-state index in [0.29, 0.717) is 22.0 Å². The van der Waals surface area contributed by atoms with Crippen molar-refractivity contribution in [2.75, 3.05) is 5.73 Å². The van der Waals surface area contributed by atoms with Gasteiger partial charge in [0.15, 0.2) is 11.5 Å². The molecule has 6 nitrogen and oxygen atoms in total. The molecule has 120 valence electrons. The quantitative estimate of drug-likeness (QED) is 0.712. The lowest BCUT2D eigenvalue weighted by molar-refractivity contribution is 0.749. The number of fused-ring (bicyclic) bond motifs is 1. The van der Waals surface area contributed by atoms with Crippen molar-refractivity contribution in [1.82, 2.24) is 18.5 Å². The Morgan fingerprint density at radius 1 is 1.30 bits per heavy atom. The van der Waals surface area contributed by atoms with Gasteiger partial charge in [-0.1, -0.05) is 56.5 Å². The number of nitrogens with zero attached hydrogens (tertiary/aromatic N) is 4. The summed E-state index contributed by atoms with van der Waals surface area (Å²) >= 11 is 10.4. The van der Waals surface area contributed by atoms with E-state index in [-0.39, 0.29) is 24.0 Å². The Labute approximate surface area is 143 Å². The first kappa shape index (κ1) is 15.9. The lowest BCUT2D eigenvalue weighted by Gasteiger charge is -2.08. The average molecular weight is 350 g/mol. The van der Waals surface area contributed by atoms with E-state index < -0.39 is 0 Å². The molecule has 2 heterocycles. The fourth-order valence-corrected chi connectivity index (χ4v) is 2.86. The Morgan fingerprint density at radius 2 is 2.00 bits per heavy atom. The molecule has 0 atom stereocenters. The summed E-state index contributed by atoms with van der Waals surface area (Å²) in [5.74, 6) is 0.916. The van der Waals surface area contributed by atoms with Crippen LogP contribution in [0.25, 0.3) is 11.2 Å². The lowest BCUT2D eigenvalue weighted by Crippen LogP contribution is -2.21. The highest BCUT2D eigenvalue weighted by molar-refractivity contribution is 7.78. The number of aromatic nitrogens is 4. The molecule has 0 saturated heterocycles. The standard InChI is InChI=1S/C15H16ClN5OS/c1-8(2)13-18-12(17)11-14(19-13)20(15(22)21(11)23)7-9-5-3-4-6-10(9)16/h3-6,8,23H,7H2,1-2H3,(H2,17,18,19). The largest absolute Gasteiger partial charge is 0.382 e. The van der Waals surface area contributed by atoms with Gasteiger partial charge in [0.05, 0.1) is 6.54 Å². The van der Waals surface area contributed by atoms with Crippen LogP contribution in [-0.4, -0.2) is 18.5 Å². The van der Waals surface area contributed by atoms with Gasteiger partial charge >= 0.3 is 5.69 Å². The first-order valence-corrected chi connectivity index (χ1v) is 7.89. The Morgan fingerprint density at radius 3 is 2.65 bits per heavy atom. The molecule has 23 heavy (non-hydrogen) atoms. The molecule has 0 saturated carbocycles. The third-order valence-electron chi connectivity index (χ3n) is 3.59. The number of hydrogen-bond donors (Lipinski definition) is 2. The lowest BCUT2D eigenvalue weighted by atomic mass is 10.2. The van der Waals surface area contributed by atoms with Gasteiger partial charge in [-0.3, -0.25) is 4.57 Å². The third kappa shape index (κ3) is 2.70. The van der Waals surface area contributed by atoms with Gasteiger partial charge < -0.3 is 5.73 Å². The molecule has 2 N–H and O–H groups in total. The van der Waals surface area contributed by atoms with Gasteiger partial charge in [-0.25, -0.2) is 18.7 Å². The number of thiol groups is 1. The van der Waals surface area contributed by atoms with Crippen LogP contribution < -0.4 is 11.4 Å². The summed E-state index contributed by atoms with van der Waals surface area (Å²) in [5, 5.41) is 0.588. The van der Waals surface area contributed by atoms with Crippen LogP contribution in [0.5, 0.6) is 0 Å². The number of rotatable bonds is 3.